The molecule has 0 atom stereocenters. The van der Waals surface area contributed by atoms with Crippen LogP contribution in [0.5, 0.6) is 0 Å². The summed E-state index contributed by atoms with van der Waals surface area (Å²) in [4.78, 5) is 14.8. The summed E-state index contributed by atoms with van der Waals surface area (Å²) in [6, 6.07) is 14.0. The Bertz CT molecular complexity index is 694. The number of hydrogen-bond donors (Lipinski definition) is 0. The van der Waals surface area contributed by atoms with Gasteiger partial charge in [-0.2, -0.15) is 0 Å². The highest BCUT2D eigenvalue weighted by Crippen LogP contribution is 2.29. The Balaban J connectivity index is 1.92. The van der Waals surface area contributed by atoms with Gasteiger partial charge < -0.3 is 9.64 Å². The van der Waals surface area contributed by atoms with Gasteiger partial charge in [0.25, 0.3) is 5.91 Å². The van der Waals surface area contributed by atoms with E-state index >= 15 is 0 Å². The van der Waals surface area contributed by atoms with Crippen LogP contribution in [0.4, 0.5) is 5.69 Å². The van der Waals surface area contributed by atoms with E-state index < -0.39 is 0 Å². The van der Waals surface area contributed by atoms with E-state index in [4.69, 9.17) is 4.74 Å². The average Bonchev–Trinajstić information content (AvgIpc) is 2.54. The largest absolute Gasteiger partial charge is 0.380 e. The molecule has 2 aromatic rings. The van der Waals surface area contributed by atoms with Crippen LogP contribution in [0.15, 0.2) is 42.5 Å². The molecule has 0 radical (unpaired) electrons. The highest BCUT2D eigenvalue weighted by atomic mass is 16.5. The normalized spacial score (nSPS) is 13.8. The van der Waals surface area contributed by atoms with Crippen LogP contribution in [0.3, 0.4) is 0 Å². The molecule has 1 aliphatic rings. The third-order valence-electron chi connectivity index (χ3n) is 4.08. The summed E-state index contributed by atoms with van der Waals surface area (Å²) < 4.78 is 5.15. The van der Waals surface area contributed by atoms with Crippen LogP contribution in [0.2, 0.25) is 0 Å². The Morgan fingerprint density at radius 3 is 2.91 bits per heavy atom. The van der Waals surface area contributed by atoms with E-state index in [-0.39, 0.29) is 5.91 Å². The molecule has 0 aromatic heterocycles. The fourth-order valence-electron chi connectivity index (χ4n) is 3.05. The number of carbonyl (C=O) groups excluding carboxylic acids is 1. The van der Waals surface area contributed by atoms with Crippen molar-refractivity contribution in [3.05, 3.63) is 64.7 Å². The number of amides is 1. The van der Waals surface area contributed by atoms with Crippen molar-refractivity contribution in [2.45, 2.75) is 26.4 Å². The SMILES string of the molecule is COCc1cccc(C(=O)N2CCCc3cc(C)ccc32)c1. The van der Waals surface area contributed by atoms with E-state index in [1.54, 1.807) is 7.11 Å². The Morgan fingerprint density at radius 2 is 2.09 bits per heavy atom. The van der Waals surface area contributed by atoms with Gasteiger partial charge in [0.1, 0.15) is 0 Å². The predicted molar refractivity (Wildman–Crippen MR) is 88.3 cm³/mol. The van der Waals surface area contributed by atoms with Gasteiger partial charge in [-0.3, -0.25) is 4.79 Å². The van der Waals surface area contributed by atoms with Crippen molar-refractivity contribution in [1.29, 1.82) is 0 Å². The molecule has 0 N–H and O–H groups in total. The standard InChI is InChI=1S/C19H21NO2/c1-14-8-9-18-16(11-14)7-4-10-20(18)19(21)17-6-3-5-15(12-17)13-22-2/h3,5-6,8-9,11-12H,4,7,10,13H2,1-2H3. The van der Waals surface area contributed by atoms with Crippen LogP contribution < -0.4 is 4.90 Å². The van der Waals surface area contributed by atoms with Gasteiger partial charge in [0.05, 0.1) is 6.61 Å². The number of rotatable bonds is 3. The monoisotopic (exact) mass is 295 g/mol. The summed E-state index contributed by atoms with van der Waals surface area (Å²) >= 11 is 0. The van der Waals surface area contributed by atoms with E-state index in [2.05, 4.69) is 25.1 Å². The first-order valence-electron chi connectivity index (χ1n) is 7.68. The molecule has 1 amide bonds. The number of ether oxygens (including phenoxy) is 1. The molecule has 3 nitrogen and oxygen atoms in total. The third-order valence-corrected chi connectivity index (χ3v) is 4.08. The highest BCUT2D eigenvalue weighted by Gasteiger charge is 2.23. The molecule has 114 valence electrons. The molecule has 22 heavy (non-hydrogen) atoms. The second kappa shape index (κ2) is 6.32. The Morgan fingerprint density at radius 1 is 1.23 bits per heavy atom. The summed E-state index contributed by atoms with van der Waals surface area (Å²) in [5.41, 5.74) is 5.32. The molecule has 0 saturated heterocycles. The first-order valence-corrected chi connectivity index (χ1v) is 7.68. The summed E-state index contributed by atoms with van der Waals surface area (Å²) in [5.74, 6) is 0.0720. The van der Waals surface area contributed by atoms with Crippen LogP contribution in [0, 0.1) is 6.92 Å². The maximum absolute atomic E-state index is 12.9. The first kappa shape index (κ1) is 14.8. The van der Waals surface area contributed by atoms with Gasteiger partial charge in [-0.15, -0.1) is 0 Å². The van der Waals surface area contributed by atoms with Gasteiger partial charge in [-0.05, 0) is 49.1 Å². The molecule has 1 aliphatic heterocycles. The second-order valence-corrected chi connectivity index (χ2v) is 5.83. The number of hydrogen-bond acceptors (Lipinski definition) is 2. The lowest BCUT2D eigenvalue weighted by Gasteiger charge is -2.30. The van der Waals surface area contributed by atoms with Gasteiger partial charge in [-0.25, -0.2) is 0 Å². The number of fused-ring (bicyclic) bond motifs is 1. The molecular weight excluding hydrogens is 274 g/mol. The van der Waals surface area contributed by atoms with E-state index in [0.717, 1.165) is 36.2 Å². The third kappa shape index (κ3) is 2.90. The molecular formula is C19H21NO2. The van der Waals surface area contributed by atoms with Crippen LogP contribution in [0.1, 0.15) is 33.5 Å². The number of methoxy groups -OCH3 is 1. The van der Waals surface area contributed by atoms with Crippen molar-refractivity contribution < 1.29 is 9.53 Å². The van der Waals surface area contributed by atoms with Gasteiger partial charge in [-0.1, -0.05) is 29.8 Å². The zero-order valence-corrected chi connectivity index (χ0v) is 13.1. The Labute approximate surface area is 131 Å². The molecule has 0 unspecified atom stereocenters. The number of benzene rings is 2. The average molecular weight is 295 g/mol. The van der Waals surface area contributed by atoms with Crippen molar-refractivity contribution in [3.63, 3.8) is 0 Å². The molecule has 0 aliphatic carbocycles. The molecule has 1 heterocycles. The van der Waals surface area contributed by atoms with Crippen LogP contribution in [-0.2, 0) is 17.8 Å². The first-order chi connectivity index (χ1) is 10.7. The fourth-order valence-corrected chi connectivity index (χ4v) is 3.05. The molecule has 3 heteroatoms. The summed E-state index contributed by atoms with van der Waals surface area (Å²) in [7, 11) is 1.66. The van der Waals surface area contributed by atoms with E-state index in [9.17, 15) is 4.79 Å². The number of carbonyl (C=O) groups is 1. The summed E-state index contributed by atoms with van der Waals surface area (Å²) in [6.07, 6.45) is 2.06. The van der Waals surface area contributed by atoms with Crippen LogP contribution >= 0.6 is 0 Å². The van der Waals surface area contributed by atoms with Crippen molar-refractivity contribution in [2.75, 3.05) is 18.6 Å². The van der Waals surface area contributed by atoms with Gasteiger partial charge in [0.15, 0.2) is 0 Å². The summed E-state index contributed by atoms with van der Waals surface area (Å²) in [5, 5.41) is 0. The minimum absolute atomic E-state index is 0.0720. The minimum atomic E-state index is 0.0720. The number of aryl methyl sites for hydroxylation is 2. The van der Waals surface area contributed by atoms with Gasteiger partial charge in [0, 0.05) is 24.9 Å². The maximum atomic E-state index is 12.9. The topological polar surface area (TPSA) is 29.5 Å². The smallest absolute Gasteiger partial charge is 0.258 e. The molecule has 0 fully saturated rings. The zero-order chi connectivity index (χ0) is 15.5. The lowest BCUT2D eigenvalue weighted by atomic mass is 9.98. The quantitative estimate of drug-likeness (QED) is 0.863. The lowest BCUT2D eigenvalue weighted by Crippen LogP contribution is -2.35. The Kier molecular flexibility index (Phi) is 4.25. The maximum Gasteiger partial charge on any atom is 0.258 e. The second-order valence-electron chi connectivity index (χ2n) is 5.83. The van der Waals surface area contributed by atoms with Crippen LogP contribution in [-0.4, -0.2) is 19.6 Å². The predicted octanol–water partition coefficient (Wildman–Crippen LogP) is 3.73. The molecule has 2 aromatic carbocycles. The van der Waals surface area contributed by atoms with E-state index in [1.807, 2.05) is 29.2 Å². The van der Waals surface area contributed by atoms with Crippen LogP contribution in [0.25, 0.3) is 0 Å². The highest BCUT2D eigenvalue weighted by molar-refractivity contribution is 6.06. The van der Waals surface area contributed by atoms with Crippen molar-refractivity contribution in [1.82, 2.24) is 0 Å². The number of anilines is 1. The molecule has 0 bridgehead atoms. The zero-order valence-electron chi connectivity index (χ0n) is 13.1. The number of nitrogens with zero attached hydrogens (tertiary/aromatic N) is 1. The molecule has 0 saturated carbocycles. The molecule has 3 rings (SSSR count). The minimum Gasteiger partial charge on any atom is -0.380 e. The van der Waals surface area contributed by atoms with Crippen molar-refractivity contribution in [2.24, 2.45) is 0 Å². The van der Waals surface area contributed by atoms with E-state index in [1.165, 1.54) is 11.1 Å². The fraction of sp³-hybridized carbons (Fsp3) is 0.316. The van der Waals surface area contributed by atoms with E-state index in [0.29, 0.717) is 6.61 Å². The molecule has 0 spiro atoms. The summed E-state index contributed by atoms with van der Waals surface area (Å²) in [6.45, 7) is 3.40. The van der Waals surface area contributed by atoms with Gasteiger partial charge >= 0.3 is 0 Å². The van der Waals surface area contributed by atoms with Crippen molar-refractivity contribution >= 4 is 11.6 Å². The lowest BCUT2D eigenvalue weighted by molar-refractivity contribution is 0.0984. The van der Waals surface area contributed by atoms with Gasteiger partial charge in [0.2, 0.25) is 0 Å². The Hall–Kier alpha value is -2.13. The van der Waals surface area contributed by atoms with Crippen molar-refractivity contribution in [3.8, 4) is 0 Å².